The first-order valence-corrected chi connectivity index (χ1v) is 8.25. The molecule has 24 heavy (non-hydrogen) atoms. The number of ketones is 1. The molecule has 126 valence electrons. The number of fused-ring (bicyclic) bond motifs is 1. The number of hydrogen-bond acceptors (Lipinski definition) is 5. The normalized spacial score (nSPS) is 11.1. The highest BCUT2D eigenvalue weighted by Gasteiger charge is 2.15. The monoisotopic (exact) mass is 346 g/mol. The second-order valence-corrected chi connectivity index (χ2v) is 6.49. The molecule has 1 N–H and O–H groups in total. The molecule has 0 unspecified atom stereocenters. The van der Waals surface area contributed by atoms with Crippen molar-refractivity contribution in [2.24, 2.45) is 14.1 Å². The number of rotatable bonds is 4. The summed E-state index contributed by atoms with van der Waals surface area (Å²) >= 11 is 1.20. The summed E-state index contributed by atoms with van der Waals surface area (Å²) in [7, 11) is 2.97. The summed E-state index contributed by atoms with van der Waals surface area (Å²) < 4.78 is 2.33. The second-order valence-electron chi connectivity index (χ2n) is 5.53. The zero-order valence-corrected chi connectivity index (χ0v) is 14.3. The number of aromatic nitrogens is 4. The van der Waals surface area contributed by atoms with E-state index in [0.29, 0.717) is 10.7 Å². The van der Waals surface area contributed by atoms with Crippen molar-refractivity contribution < 1.29 is 6.22 Å². The van der Waals surface area contributed by atoms with Crippen LogP contribution in [0.4, 0.5) is 0 Å². The number of nitrogens with zero attached hydrogens (tertiary/aromatic N) is 3. The number of thioether (sulfide) groups is 1. The molecule has 0 atom stereocenters. The molecule has 2 aromatic heterocycles. The van der Waals surface area contributed by atoms with E-state index < -0.39 is 11.2 Å². The molecule has 0 saturated carbocycles. The zero-order valence-electron chi connectivity index (χ0n) is 13.5. The lowest BCUT2D eigenvalue weighted by Crippen LogP contribution is -2.36. The second kappa shape index (κ2) is 6.12. The number of hydrogen-bond donors (Lipinski definition) is 1. The molecular weight excluding hydrogens is 328 g/mol. The molecule has 3 rings (SSSR count). The van der Waals surface area contributed by atoms with E-state index >= 15 is 0 Å². The van der Waals surface area contributed by atoms with Crippen LogP contribution in [0.15, 0.2) is 39.0 Å². The van der Waals surface area contributed by atoms with Crippen molar-refractivity contribution in [1.82, 2.24) is 19.1 Å². The van der Waals surface area contributed by atoms with E-state index in [0.717, 1.165) is 10.1 Å². The van der Waals surface area contributed by atoms with Gasteiger partial charge in [-0.1, -0.05) is 35.5 Å². The first-order chi connectivity index (χ1) is 11.4. The molecule has 7 nitrogen and oxygen atoms in total. The minimum atomic E-state index is -0.439. The third-order valence-electron chi connectivity index (χ3n) is 3.75. The number of H-pyrrole nitrogens is 1. The lowest BCUT2D eigenvalue weighted by atomic mass is 10.1. The average molecular weight is 346 g/mol. The summed E-state index contributed by atoms with van der Waals surface area (Å²) in [4.78, 5) is 43.4. The Labute approximate surface area is 142 Å². The highest BCUT2D eigenvalue weighted by Crippen LogP contribution is 2.18. The van der Waals surface area contributed by atoms with Crippen molar-refractivity contribution in [3.8, 4) is 0 Å². The van der Waals surface area contributed by atoms with Crippen LogP contribution in [0.3, 0.4) is 0 Å². The minimum absolute atomic E-state index is 0. The first-order valence-electron chi connectivity index (χ1n) is 7.27. The number of nitrogens with one attached hydrogen (secondary N) is 1. The standard InChI is InChI=1S/C16H16N4O3S.H2/c1-9-5-4-6-10(7-9)11(21)8-24-15-17-12-13(18-15)19(2)16(23)20(3)14(12)22;/h4-7H,8H2,1-3H3,(H,17,18);1H. The molecule has 0 spiro atoms. The van der Waals surface area contributed by atoms with Gasteiger partial charge in [0.15, 0.2) is 22.1 Å². The van der Waals surface area contributed by atoms with Crippen molar-refractivity contribution in [3.05, 3.63) is 56.2 Å². The fraction of sp³-hybridized carbons (Fsp3) is 0.250. The van der Waals surface area contributed by atoms with Crippen LogP contribution < -0.4 is 11.2 Å². The number of carbonyl (C=O) groups excluding carboxylic acids is 1. The van der Waals surface area contributed by atoms with Gasteiger partial charge in [-0.05, 0) is 13.0 Å². The maximum absolute atomic E-state index is 12.2. The Hall–Kier alpha value is -2.61. The third-order valence-corrected chi connectivity index (χ3v) is 4.63. The van der Waals surface area contributed by atoms with Crippen molar-refractivity contribution in [1.29, 1.82) is 0 Å². The Morgan fingerprint density at radius 2 is 2.04 bits per heavy atom. The van der Waals surface area contributed by atoms with E-state index in [4.69, 9.17) is 0 Å². The Morgan fingerprint density at radius 3 is 2.75 bits per heavy atom. The number of carbonyl (C=O) groups is 1. The molecule has 8 heteroatoms. The molecule has 0 saturated heterocycles. The fourth-order valence-corrected chi connectivity index (χ4v) is 3.17. The summed E-state index contributed by atoms with van der Waals surface area (Å²) in [6, 6.07) is 7.38. The van der Waals surface area contributed by atoms with Crippen LogP contribution in [0.2, 0.25) is 0 Å². The summed E-state index contributed by atoms with van der Waals surface area (Å²) in [5.41, 5.74) is 1.33. The van der Waals surface area contributed by atoms with Crippen LogP contribution in [-0.2, 0) is 14.1 Å². The smallest absolute Gasteiger partial charge is 0.327 e. The summed E-state index contributed by atoms with van der Waals surface area (Å²) in [6.45, 7) is 1.93. The summed E-state index contributed by atoms with van der Waals surface area (Å²) in [5, 5.41) is 0.435. The molecule has 0 fully saturated rings. The number of imidazole rings is 1. The first kappa shape index (κ1) is 16.3. The maximum atomic E-state index is 12.2. The van der Waals surface area contributed by atoms with Gasteiger partial charge in [-0.2, -0.15) is 0 Å². The molecule has 2 heterocycles. The lowest BCUT2D eigenvalue weighted by molar-refractivity contribution is 0.102. The lowest BCUT2D eigenvalue weighted by Gasteiger charge is -2.00. The molecule has 0 aliphatic rings. The van der Waals surface area contributed by atoms with Gasteiger partial charge in [0.05, 0.1) is 5.75 Å². The van der Waals surface area contributed by atoms with Gasteiger partial charge in [0, 0.05) is 21.1 Å². The van der Waals surface area contributed by atoms with Gasteiger partial charge in [-0.3, -0.25) is 18.7 Å². The minimum Gasteiger partial charge on any atom is -0.327 e. The topological polar surface area (TPSA) is 89.8 Å². The molecule has 0 aliphatic heterocycles. The van der Waals surface area contributed by atoms with Gasteiger partial charge >= 0.3 is 5.69 Å². The van der Waals surface area contributed by atoms with Crippen molar-refractivity contribution >= 4 is 28.7 Å². The van der Waals surface area contributed by atoms with Gasteiger partial charge in [-0.25, -0.2) is 9.78 Å². The molecule has 0 amide bonds. The Bertz CT molecular complexity index is 1070. The largest absolute Gasteiger partial charge is 0.332 e. The Morgan fingerprint density at radius 1 is 1.29 bits per heavy atom. The van der Waals surface area contributed by atoms with E-state index in [1.54, 1.807) is 13.1 Å². The van der Waals surface area contributed by atoms with Gasteiger partial charge in [-0.15, -0.1) is 0 Å². The zero-order chi connectivity index (χ0) is 17.4. The van der Waals surface area contributed by atoms with Crippen LogP contribution in [0.1, 0.15) is 17.3 Å². The van der Waals surface area contributed by atoms with Crippen molar-refractivity contribution in [2.45, 2.75) is 12.1 Å². The van der Waals surface area contributed by atoms with Crippen LogP contribution in [-0.4, -0.2) is 30.6 Å². The van der Waals surface area contributed by atoms with E-state index in [1.165, 1.54) is 23.4 Å². The number of Topliss-reactive ketones (excluding diaryl/α,β-unsaturated/α-hetero) is 1. The van der Waals surface area contributed by atoms with Crippen LogP contribution in [0, 0.1) is 6.92 Å². The predicted molar refractivity (Wildman–Crippen MR) is 94.9 cm³/mol. The van der Waals surface area contributed by atoms with Crippen LogP contribution in [0.5, 0.6) is 0 Å². The van der Waals surface area contributed by atoms with E-state index in [2.05, 4.69) is 9.97 Å². The van der Waals surface area contributed by atoms with E-state index in [9.17, 15) is 14.4 Å². The summed E-state index contributed by atoms with van der Waals surface area (Å²) in [6.07, 6.45) is 0. The van der Waals surface area contributed by atoms with Crippen molar-refractivity contribution in [2.75, 3.05) is 5.75 Å². The Balaban J connectivity index is 0.00000225. The third kappa shape index (κ3) is 2.80. The maximum Gasteiger partial charge on any atom is 0.332 e. The fourth-order valence-electron chi connectivity index (χ4n) is 2.41. The highest BCUT2D eigenvalue weighted by atomic mass is 32.2. The Kier molecular flexibility index (Phi) is 4.15. The number of benzene rings is 1. The molecule has 1 aromatic carbocycles. The van der Waals surface area contributed by atoms with Crippen LogP contribution in [0.25, 0.3) is 11.2 Å². The van der Waals surface area contributed by atoms with Gasteiger partial charge in [0.2, 0.25) is 0 Å². The van der Waals surface area contributed by atoms with Gasteiger partial charge < -0.3 is 4.98 Å². The highest BCUT2D eigenvalue weighted by molar-refractivity contribution is 7.99. The van der Waals surface area contributed by atoms with Crippen LogP contribution >= 0.6 is 11.8 Å². The SMILES string of the molecule is Cc1cccc(C(=O)CSc2nc3c([nH]2)c(=O)n(C)c(=O)n3C)c1.[HH]. The molecule has 0 bridgehead atoms. The van der Waals surface area contributed by atoms with Gasteiger partial charge in [0.1, 0.15) is 0 Å². The molecule has 0 aliphatic carbocycles. The molecular formula is C16H18N4O3S. The van der Waals surface area contributed by atoms with Gasteiger partial charge in [0.25, 0.3) is 5.56 Å². The summed E-state index contributed by atoms with van der Waals surface area (Å²) in [5.74, 6) is 0.170. The quantitative estimate of drug-likeness (QED) is 0.571. The number of aromatic amines is 1. The van der Waals surface area contributed by atoms with E-state index in [1.807, 2.05) is 25.1 Å². The molecule has 3 aromatic rings. The van der Waals surface area contributed by atoms with Crippen molar-refractivity contribution in [3.63, 3.8) is 0 Å². The molecule has 0 radical (unpaired) electrons. The predicted octanol–water partition coefficient (Wildman–Crippen LogP) is 1.49. The average Bonchev–Trinajstić information content (AvgIpc) is 3.00. The number of aryl methyl sites for hydroxylation is 2. The van der Waals surface area contributed by atoms with E-state index in [-0.39, 0.29) is 24.1 Å².